The van der Waals surface area contributed by atoms with Crippen LogP contribution in [0.25, 0.3) is 0 Å². The fourth-order valence-electron chi connectivity index (χ4n) is 0.680. The van der Waals surface area contributed by atoms with Gasteiger partial charge in [0.15, 0.2) is 0 Å². The van der Waals surface area contributed by atoms with Gasteiger partial charge in [-0.25, -0.2) is 0 Å². The molecule has 0 spiro atoms. The number of ether oxygens (including phenoxy) is 1. The first-order chi connectivity index (χ1) is 3.93. The summed E-state index contributed by atoms with van der Waals surface area (Å²) in [6.45, 7) is 2.50. The molecular formula is C5H10N2O. The Morgan fingerprint density at radius 1 is 1.88 bits per heavy atom. The minimum absolute atomic E-state index is 0.625. The fraction of sp³-hybridized carbons (Fsp3) is 0.800. The van der Waals surface area contributed by atoms with Crippen LogP contribution in [-0.4, -0.2) is 32.6 Å². The number of amidine groups is 1. The smallest absolute Gasteiger partial charge is 0.123 e. The number of hydrogen-bond donors (Lipinski definition) is 1. The molecule has 1 rings (SSSR count). The van der Waals surface area contributed by atoms with Crippen molar-refractivity contribution in [3.05, 3.63) is 0 Å². The van der Waals surface area contributed by atoms with Gasteiger partial charge in [0, 0.05) is 13.7 Å². The van der Waals surface area contributed by atoms with Crippen LogP contribution in [0.2, 0.25) is 0 Å². The van der Waals surface area contributed by atoms with E-state index in [0.29, 0.717) is 6.61 Å². The van der Waals surface area contributed by atoms with E-state index >= 15 is 0 Å². The highest BCUT2D eigenvalue weighted by Gasteiger charge is 2.01. The van der Waals surface area contributed by atoms with Crippen LogP contribution in [0.15, 0.2) is 4.99 Å². The van der Waals surface area contributed by atoms with Crippen LogP contribution in [-0.2, 0) is 4.74 Å². The second-order valence-electron chi connectivity index (χ2n) is 1.69. The third kappa shape index (κ3) is 1.20. The molecule has 0 atom stereocenters. The highest BCUT2D eigenvalue weighted by molar-refractivity contribution is 5.84. The molecule has 0 bridgehead atoms. The predicted molar refractivity (Wildman–Crippen MR) is 32.2 cm³/mol. The molecule has 0 radical (unpaired) electrons. The minimum atomic E-state index is 0.625. The van der Waals surface area contributed by atoms with Crippen LogP contribution < -0.4 is 5.32 Å². The predicted octanol–water partition coefficient (Wildman–Crippen LogP) is -0.366. The van der Waals surface area contributed by atoms with Gasteiger partial charge in [-0.05, 0) is 0 Å². The Labute approximate surface area is 48.8 Å². The summed E-state index contributed by atoms with van der Waals surface area (Å²) in [5.74, 6) is 0.979. The van der Waals surface area contributed by atoms with E-state index in [2.05, 4.69) is 10.3 Å². The van der Waals surface area contributed by atoms with Crippen LogP contribution in [0.1, 0.15) is 0 Å². The molecule has 0 aromatic rings. The molecule has 0 unspecified atom stereocenters. The summed E-state index contributed by atoms with van der Waals surface area (Å²) in [7, 11) is 1.67. The molecule has 1 heterocycles. The van der Waals surface area contributed by atoms with Gasteiger partial charge < -0.3 is 10.1 Å². The highest BCUT2D eigenvalue weighted by Crippen LogP contribution is 1.83. The first kappa shape index (κ1) is 5.56. The maximum absolute atomic E-state index is 4.83. The first-order valence-electron chi connectivity index (χ1n) is 2.69. The lowest BCUT2D eigenvalue weighted by Crippen LogP contribution is -2.22. The van der Waals surface area contributed by atoms with Crippen molar-refractivity contribution >= 4 is 5.84 Å². The topological polar surface area (TPSA) is 33.6 Å². The molecule has 1 aliphatic rings. The highest BCUT2D eigenvalue weighted by atomic mass is 16.5. The Morgan fingerprint density at radius 2 is 2.75 bits per heavy atom. The average Bonchev–Trinajstić information content (AvgIpc) is 2.19. The standard InChI is InChI=1S/C5H10N2O/c1-8-4-5-6-2-3-7-5/h2-4H2,1H3,(H,6,7). The van der Waals surface area contributed by atoms with Crippen LogP contribution in [0, 0.1) is 0 Å². The maximum atomic E-state index is 4.83. The summed E-state index contributed by atoms with van der Waals surface area (Å²) in [6.07, 6.45) is 0. The molecule has 0 saturated carbocycles. The lowest BCUT2D eigenvalue weighted by Gasteiger charge is -1.96. The van der Waals surface area contributed by atoms with E-state index in [-0.39, 0.29) is 0 Å². The summed E-state index contributed by atoms with van der Waals surface area (Å²) in [5.41, 5.74) is 0. The monoisotopic (exact) mass is 114 g/mol. The summed E-state index contributed by atoms with van der Waals surface area (Å²) in [5, 5.41) is 3.08. The van der Waals surface area contributed by atoms with Crippen molar-refractivity contribution in [3.8, 4) is 0 Å². The van der Waals surface area contributed by atoms with Gasteiger partial charge in [-0.3, -0.25) is 4.99 Å². The van der Waals surface area contributed by atoms with Gasteiger partial charge in [0.2, 0.25) is 0 Å². The SMILES string of the molecule is COCC1=NCCN1. The second kappa shape index (κ2) is 2.67. The Bertz CT molecular complexity index is 101. The van der Waals surface area contributed by atoms with Gasteiger partial charge in [-0.15, -0.1) is 0 Å². The van der Waals surface area contributed by atoms with Gasteiger partial charge in [-0.1, -0.05) is 0 Å². The molecule has 3 heteroatoms. The van der Waals surface area contributed by atoms with Gasteiger partial charge in [0.05, 0.1) is 6.54 Å². The Kier molecular flexibility index (Phi) is 1.86. The Balaban J connectivity index is 2.23. The van der Waals surface area contributed by atoms with Gasteiger partial charge in [0.25, 0.3) is 0 Å². The van der Waals surface area contributed by atoms with Crippen molar-refractivity contribution in [1.82, 2.24) is 5.32 Å². The van der Waals surface area contributed by atoms with Crippen molar-refractivity contribution in [1.29, 1.82) is 0 Å². The lowest BCUT2D eigenvalue weighted by molar-refractivity contribution is 0.243. The van der Waals surface area contributed by atoms with Crippen molar-refractivity contribution in [2.75, 3.05) is 26.8 Å². The van der Waals surface area contributed by atoms with E-state index in [0.717, 1.165) is 18.9 Å². The largest absolute Gasteiger partial charge is 0.377 e. The maximum Gasteiger partial charge on any atom is 0.123 e. The molecule has 1 N–H and O–H groups in total. The van der Waals surface area contributed by atoms with E-state index in [1.807, 2.05) is 0 Å². The number of rotatable bonds is 2. The second-order valence-corrected chi connectivity index (χ2v) is 1.69. The number of methoxy groups -OCH3 is 1. The van der Waals surface area contributed by atoms with Crippen LogP contribution in [0.4, 0.5) is 0 Å². The van der Waals surface area contributed by atoms with E-state index < -0.39 is 0 Å². The zero-order valence-electron chi connectivity index (χ0n) is 4.98. The Morgan fingerprint density at radius 3 is 3.25 bits per heavy atom. The van der Waals surface area contributed by atoms with E-state index in [1.54, 1.807) is 7.11 Å². The lowest BCUT2D eigenvalue weighted by atomic mass is 10.6. The number of aliphatic imine (C=N–C) groups is 1. The van der Waals surface area contributed by atoms with Crippen molar-refractivity contribution in [3.63, 3.8) is 0 Å². The van der Waals surface area contributed by atoms with Crippen molar-refractivity contribution < 1.29 is 4.74 Å². The molecular weight excluding hydrogens is 104 g/mol. The summed E-state index contributed by atoms with van der Waals surface area (Å²) in [4.78, 5) is 4.11. The van der Waals surface area contributed by atoms with Gasteiger partial charge in [0.1, 0.15) is 12.4 Å². The zero-order valence-corrected chi connectivity index (χ0v) is 4.98. The quantitative estimate of drug-likeness (QED) is 0.531. The molecule has 0 saturated heterocycles. The number of nitrogens with one attached hydrogen (secondary N) is 1. The average molecular weight is 114 g/mol. The molecule has 1 aliphatic heterocycles. The summed E-state index contributed by atoms with van der Waals surface area (Å²) in [6, 6.07) is 0. The molecule has 3 nitrogen and oxygen atoms in total. The molecule has 0 aromatic heterocycles. The molecule has 0 aromatic carbocycles. The molecule has 0 fully saturated rings. The van der Waals surface area contributed by atoms with Crippen molar-refractivity contribution in [2.24, 2.45) is 4.99 Å². The zero-order chi connectivity index (χ0) is 5.82. The van der Waals surface area contributed by atoms with E-state index in [4.69, 9.17) is 4.74 Å². The third-order valence-electron chi connectivity index (χ3n) is 1.02. The summed E-state index contributed by atoms with van der Waals surface area (Å²) >= 11 is 0. The molecule has 0 amide bonds. The number of hydrogen-bond acceptors (Lipinski definition) is 3. The Hall–Kier alpha value is -0.570. The van der Waals surface area contributed by atoms with Gasteiger partial charge >= 0.3 is 0 Å². The first-order valence-corrected chi connectivity index (χ1v) is 2.69. The minimum Gasteiger partial charge on any atom is -0.377 e. The van der Waals surface area contributed by atoms with Crippen LogP contribution in [0.3, 0.4) is 0 Å². The van der Waals surface area contributed by atoms with E-state index in [1.165, 1.54) is 0 Å². The van der Waals surface area contributed by atoms with Gasteiger partial charge in [-0.2, -0.15) is 0 Å². The molecule has 8 heavy (non-hydrogen) atoms. The number of nitrogens with zero attached hydrogens (tertiary/aromatic N) is 1. The third-order valence-corrected chi connectivity index (χ3v) is 1.02. The molecule has 0 aliphatic carbocycles. The van der Waals surface area contributed by atoms with Crippen LogP contribution >= 0.6 is 0 Å². The van der Waals surface area contributed by atoms with E-state index in [9.17, 15) is 0 Å². The van der Waals surface area contributed by atoms with Crippen molar-refractivity contribution in [2.45, 2.75) is 0 Å². The summed E-state index contributed by atoms with van der Waals surface area (Å²) < 4.78 is 4.83. The van der Waals surface area contributed by atoms with Crippen LogP contribution in [0.5, 0.6) is 0 Å². The normalized spacial score (nSPS) is 17.9. The fourth-order valence-corrected chi connectivity index (χ4v) is 0.680. The molecule has 46 valence electrons.